The van der Waals surface area contributed by atoms with Gasteiger partial charge in [-0.05, 0) is 57.7 Å². The summed E-state index contributed by atoms with van der Waals surface area (Å²) in [7, 11) is 0. The summed E-state index contributed by atoms with van der Waals surface area (Å²) in [6.45, 7) is 4.24. The molecule has 1 aliphatic heterocycles. The number of rotatable bonds is 14. The zero-order chi connectivity index (χ0) is 23.2. The van der Waals surface area contributed by atoms with Gasteiger partial charge < -0.3 is 14.3 Å². The van der Waals surface area contributed by atoms with Crippen molar-refractivity contribution in [2.75, 3.05) is 32.8 Å². The molecule has 0 radical (unpaired) electrons. The highest BCUT2D eigenvalue weighted by molar-refractivity contribution is 5.91. The van der Waals surface area contributed by atoms with Gasteiger partial charge in [0.2, 0.25) is 0 Å². The Kier molecular flexibility index (Phi) is 11.5. The van der Waals surface area contributed by atoms with Crippen LogP contribution in [0.2, 0.25) is 0 Å². The molecule has 1 fully saturated rings. The number of carbonyl (C=O) groups is 2. The van der Waals surface area contributed by atoms with Gasteiger partial charge in [-0.3, -0.25) is 9.69 Å². The quantitative estimate of drug-likeness (QED) is 0.180. The van der Waals surface area contributed by atoms with Crippen LogP contribution in [0.1, 0.15) is 80.3 Å². The molecule has 1 unspecified atom stereocenters. The van der Waals surface area contributed by atoms with Crippen molar-refractivity contribution in [2.24, 2.45) is 0 Å². The third-order valence-electron chi connectivity index (χ3n) is 5.39. The SMILES string of the molecule is CCCCC(OC(=O)CN1CCCCC1)c1ccccc1C(=O)OCCCCO[N+](=O)[O-]. The van der Waals surface area contributed by atoms with Crippen molar-refractivity contribution in [1.29, 1.82) is 0 Å². The van der Waals surface area contributed by atoms with E-state index in [4.69, 9.17) is 9.47 Å². The molecule has 2 rings (SSSR count). The molecule has 1 atom stereocenters. The Morgan fingerprint density at radius 2 is 1.81 bits per heavy atom. The Morgan fingerprint density at radius 3 is 2.53 bits per heavy atom. The van der Waals surface area contributed by atoms with Crippen LogP contribution in [0.3, 0.4) is 0 Å². The molecule has 9 heteroatoms. The van der Waals surface area contributed by atoms with Gasteiger partial charge in [-0.1, -0.05) is 38.0 Å². The molecule has 32 heavy (non-hydrogen) atoms. The Balaban J connectivity index is 1.97. The van der Waals surface area contributed by atoms with Gasteiger partial charge in [0.1, 0.15) is 6.10 Å². The van der Waals surface area contributed by atoms with Crippen molar-refractivity contribution in [3.8, 4) is 0 Å². The smallest absolute Gasteiger partial charge is 0.338 e. The number of hydrogen-bond acceptors (Lipinski definition) is 8. The van der Waals surface area contributed by atoms with Gasteiger partial charge in [-0.2, -0.15) is 0 Å². The third-order valence-corrected chi connectivity index (χ3v) is 5.39. The number of piperidine rings is 1. The number of likely N-dealkylation sites (tertiary alicyclic amines) is 1. The predicted octanol–water partition coefficient (Wildman–Crippen LogP) is 4.09. The first-order valence-corrected chi connectivity index (χ1v) is 11.5. The van der Waals surface area contributed by atoms with Gasteiger partial charge in [-0.25, -0.2) is 4.79 Å². The number of hydrogen-bond donors (Lipinski definition) is 0. The summed E-state index contributed by atoms with van der Waals surface area (Å²) in [4.78, 5) is 41.8. The zero-order valence-electron chi connectivity index (χ0n) is 18.8. The second-order valence-corrected chi connectivity index (χ2v) is 7.94. The molecule has 1 heterocycles. The van der Waals surface area contributed by atoms with Crippen LogP contribution in [0.4, 0.5) is 0 Å². The average Bonchev–Trinajstić information content (AvgIpc) is 2.79. The molecule has 1 aliphatic rings. The van der Waals surface area contributed by atoms with Crippen molar-refractivity contribution < 1.29 is 29.0 Å². The Bertz CT molecular complexity index is 735. The Labute approximate surface area is 189 Å². The van der Waals surface area contributed by atoms with Gasteiger partial charge >= 0.3 is 11.9 Å². The number of benzene rings is 1. The highest BCUT2D eigenvalue weighted by Gasteiger charge is 2.24. The summed E-state index contributed by atoms with van der Waals surface area (Å²) in [6, 6.07) is 7.04. The molecule has 0 saturated carbocycles. The largest absolute Gasteiger partial charge is 0.462 e. The van der Waals surface area contributed by atoms with E-state index in [1.807, 2.05) is 6.07 Å². The fourth-order valence-corrected chi connectivity index (χ4v) is 3.71. The average molecular weight is 451 g/mol. The standard InChI is InChI=1S/C23H34N2O7/c1-2-3-13-21(32-22(26)18-24-14-7-4-8-15-24)19-11-5-6-12-20(19)23(27)30-16-9-10-17-31-25(28)29/h5-6,11-12,21H,2-4,7-10,13-18H2,1H3. The first kappa shape index (κ1) is 25.6. The van der Waals surface area contributed by atoms with Crippen molar-refractivity contribution in [3.63, 3.8) is 0 Å². The Morgan fingerprint density at radius 1 is 1.09 bits per heavy atom. The first-order chi connectivity index (χ1) is 15.5. The van der Waals surface area contributed by atoms with Crippen LogP contribution in [0.5, 0.6) is 0 Å². The minimum Gasteiger partial charge on any atom is -0.462 e. The van der Waals surface area contributed by atoms with Gasteiger partial charge in [0.05, 0.1) is 25.3 Å². The topological polar surface area (TPSA) is 108 Å². The van der Waals surface area contributed by atoms with Crippen LogP contribution >= 0.6 is 0 Å². The third kappa shape index (κ3) is 9.21. The van der Waals surface area contributed by atoms with Crippen LogP contribution in [0.25, 0.3) is 0 Å². The van der Waals surface area contributed by atoms with E-state index in [0.717, 1.165) is 38.8 Å². The van der Waals surface area contributed by atoms with Crippen LogP contribution < -0.4 is 0 Å². The van der Waals surface area contributed by atoms with Crippen molar-refractivity contribution in [3.05, 3.63) is 45.5 Å². The molecular formula is C23H34N2O7. The van der Waals surface area contributed by atoms with E-state index < -0.39 is 17.2 Å². The fraction of sp³-hybridized carbons (Fsp3) is 0.652. The summed E-state index contributed by atoms with van der Waals surface area (Å²) < 4.78 is 11.2. The maximum absolute atomic E-state index is 12.7. The molecular weight excluding hydrogens is 416 g/mol. The van der Waals surface area contributed by atoms with Gasteiger partial charge in [0, 0.05) is 5.56 Å². The molecule has 1 saturated heterocycles. The summed E-state index contributed by atoms with van der Waals surface area (Å²) >= 11 is 0. The first-order valence-electron chi connectivity index (χ1n) is 11.5. The van der Waals surface area contributed by atoms with Gasteiger partial charge in [-0.15, -0.1) is 10.1 Å². The molecule has 178 valence electrons. The number of ether oxygens (including phenoxy) is 2. The zero-order valence-corrected chi connectivity index (χ0v) is 18.8. The highest BCUT2D eigenvalue weighted by Crippen LogP contribution is 2.28. The van der Waals surface area contributed by atoms with Crippen molar-refractivity contribution in [1.82, 2.24) is 4.90 Å². The molecule has 0 N–H and O–H groups in total. The number of esters is 2. The van der Waals surface area contributed by atoms with Gasteiger partial charge in [0.15, 0.2) is 0 Å². The summed E-state index contributed by atoms with van der Waals surface area (Å²) in [5.41, 5.74) is 1.02. The predicted molar refractivity (Wildman–Crippen MR) is 118 cm³/mol. The van der Waals surface area contributed by atoms with E-state index in [0.29, 0.717) is 30.4 Å². The number of unbranched alkanes of at least 4 members (excludes halogenated alkanes) is 2. The lowest BCUT2D eigenvalue weighted by Gasteiger charge is -2.27. The fourth-order valence-electron chi connectivity index (χ4n) is 3.71. The summed E-state index contributed by atoms with van der Waals surface area (Å²) in [6.07, 6.45) is 6.17. The van der Waals surface area contributed by atoms with Crippen LogP contribution in [-0.2, 0) is 19.1 Å². The van der Waals surface area contributed by atoms with E-state index in [-0.39, 0.29) is 25.7 Å². The van der Waals surface area contributed by atoms with Crippen LogP contribution in [0.15, 0.2) is 24.3 Å². The lowest BCUT2D eigenvalue weighted by Crippen LogP contribution is -2.35. The number of carbonyl (C=O) groups excluding carboxylic acids is 2. The minimum absolute atomic E-state index is 0.0345. The van der Waals surface area contributed by atoms with E-state index in [9.17, 15) is 19.7 Å². The monoisotopic (exact) mass is 450 g/mol. The summed E-state index contributed by atoms with van der Waals surface area (Å²) in [5, 5.41) is 9.31. The second kappa shape index (κ2) is 14.4. The van der Waals surface area contributed by atoms with Crippen molar-refractivity contribution >= 4 is 11.9 Å². The maximum Gasteiger partial charge on any atom is 0.338 e. The molecule has 0 amide bonds. The van der Waals surface area contributed by atoms with E-state index in [1.54, 1.807) is 18.2 Å². The normalized spacial score (nSPS) is 15.0. The van der Waals surface area contributed by atoms with E-state index >= 15 is 0 Å². The van der Waals surface area contributed by atoms with Crippen molar-refractivity contribution in [2.45, 2.75) is 64.4 Å². The van der Waals surface area contributed by atoms with E-state index in [1.165, 1.54) is 6.42 Å². The van der Waals surface area contributed by atoms with E-state index in [2.05, 4.69) is 16.7 Å². The molecule has 1 aromatic rings. The van der Waals surface area contributed by atoms with Gasteiger partial charge in [0.25, 0.3) is 5.09 Å². The minimum atomic E-state index is -0.842. The molecule has 9 nitrogen and oxygen atoms in total. The number of nitrogens with zero attached hydrogens (tertiary/aromatic N) is 2. The second-order valence-electron chi connectivity index (χ2n) is 7.94. The molecule has 0 aromatic heterocycles. The van der Waals surface area contributed by atoms with Crippen LogP contribution in [-0.4, -0.2) is 54.8 Å². The molecule has 0 spiro atoms. The Hall–Kier alpha value is -2.68. The van der Waals surface area contributed by atoms with Crippen LogP contribution in [0, 0.1) is 10.1 Å². The highest BCUT2D eigenvalue weighted by atomic mass is 16.9. The molecule has 0 aliphatic carbocycles. The lowest BCUT2D eigenvalue weighted by molar-refractivity contribution is -0.757. The molecule has 0 bridgehead atoms. The lowest BCUT2D eigenvalue weighted by atomic mass is 9.98. The molecule has 1 aromatic carbocycles. The summed E-state index contributed by atoms with van der Waals surface area (Å²) in [5.74, 6) is -0.772. The maximum atomic E-state index is 12.7.